The van der Waals surface area contributed by atoms with Crippen molar-refractivity contribution in [2.75, 3.05) is 7.11 Å². The van der Waals surface area contributed by atoms with E-state index in [-0.39, 0.29) is 6.04 Å². The summed E-state index contributed by atoms with van der Waals surface area (Å²) in [7, 11) is 1.69. The normalized spacial score (nSPS) is 22.0. The van der Waals surface area contributed by atoms with Crippen molar-refractivity contribution in [2.45, 2.75) is 38.3 Å². The zero-order valence-electron chi connectivity index (χ0n) is 12.7. The largest absolute Gasteiger partial charge is 0.493 e. The topological polar surface area (TPSA) is 53.1 Å². The van der Waals surface area contributed by atoms with Gasteiger partial charge in [-0.15, -0.1) is 0 Å². The molecular formula is C17H23N3O. The summed E-state index contributed by atoms with van der Waals surface area (Å²) in [5, 5.41) is 4.42. The molecule has 1 heterocycles. The van der Waals surface area contributed by atoms with Crippen LogP contribution in [0.2, 0.25) is 0 Å². The van der Waals surface area contributed by atoms with E-state index in [1.807, 2.05) is 4.68 Å². The number of hydrogen-bond donors (Lipinski definition) is 1. The number of aromatic nitrogens is 2. The number of hydrogen-bond acceptors (Lipinski definition) is 3. The second-order valence-electron chi connectivity index (χ2n) is 5.76. The van der Waals surface area contributed by atoms with Crippen molar-refractivity contribution in [3.05, 3.63) is 47.8 Å². The summed E-state index contributed by atoms with van der Waals surface area (Å²) in [5.74, 6) is 1.86. The number of methoxy groups -OCH3 is 1. The van der Waals surface area contributed by atoms with Gasteiger partial charge in [-0.3, -0.25) is 4.68 Å². The lowest BCUT2D eigenvalue weighted by atomic mass is 10.0. The molecule has 3 unspecified atom stereocenters. The first kappa shape index (κ1) is 14.1. The van der Waals surface area contributed by atoms with E-state index in [0.29, 0.717) is 11.8 Å². The molecule has 1 aromatic carbocycles. The van der Waals surface area contributed by atoms with Gasteiger partial charge in [-0.1, -0.05) is 37.3 Å². The molecule has 1 fully saturated rings. The van der Waals surface area contributed by atoms with Crippen LogP contribution in [0.1, 0.15) is 43.0 Å². The van der Waals surface area contributed by atoms with Crippen LogP contribution in [0.15, 0.2) is 36.5 Å². The van der Waals surface area contributed by atoms with Gasteiger partial charge in [0.25, 0.3) is 0 Å². The Hall–Kier alpha value is -1.81. The first-order valence-corrected chi connectivity index (χ1v) is 7.66. The molecule has 2 aromatic rings. The molecule has 0 amide bonds. The van der Waals surface area contributed by atoms with Gasteiger partial charge in [0, 0.05) is 6.54 Å². The Morgan fingerprint density at radius 3 is 2.81 bits per heavy atom. The van der Waals surface area contributed by atoms with E-state index in [4.69, 9.17) is 10.5 Å². The van der Waals surface area contributed by atoms with Gasteiger partial charge in [0.2, 0.25) is 0 Å². The van der Waals surface area contributed by atoms with Crippen LogP contribution < -0.4 is 10.5 Å². The maximum absolute atomic E-state index is 6.54. The monoisotopic (exact) mass is 285 g/mol. The van der Waals surface area contributed by atoms with E-state index in [9.17, 15) is 0 Å². The maximum Gasteiger partial charge on any atom is 0.161 e. The van der Waals surface area contributed by atoms with Crippen molar-refractivity contribution < 1.29 is 4.74 Å². The highest BCUT2D eigenvalue weighted by atomic mass is 16.5. The number of rotatable bonds is 6. The predicted octanol–water partition coefficient (Wildman–Crippen LogP) is 3.11. The van der Waals surface area contributed by atoms with Crippen molar-refractivity contribution in [3.8, 4) is 5.75 Å². The second-order valence-corrected chi connectivity index (χ2v) is 5.76. The quantitative estimate of drug-likeness (QED) is 0.887. The minimum absolute atomic E-state index is 0.0146. The van der Waals surface area contributed by atoms with E-state index in [1.54, 1.807) is 13.3 Å². The smallest absolute Gasteiger partial charge is 0.161 e. The highest BCUT2D eigenvalue weighted by molar-refractivity contribution is 5.33. The Morgan fingerprint density at radius 2 is 2.14 bits per heavy atom. The minimum Gasteiger partial charge on any atom is -0.493 e. The van der Waals surface area contributed by atoms with Gasteiger partial charge >= 0.3 is 0 Å². The molecule has 1 aliphatic rings. The minimum atomic E-state index is -0.0146. The molecule has 21 heavy (non-hydrogen) atoms. The molecule has 1 aromatic heterocycles. The SMILES string of the molecule is CCCn1ncc(OC)c1C(N)C1CC1c1ccccc1. The summed E-state index contributed by atoms with van der Waals surface area (Å²) < 4.78 is 7.45. The van der Waals surface area contributed by atoms with E-state index in [1.165, 1.54) is 5.56 Å². The standard InChI is InChI=1S/C17H23N3O/c1-3-9-20-17(15(21-2)11-19-20)16(18)14-10-13(14)12-7-5-4-6-8-12/h4-8,11,13-14,16H,3,9-10,18H2,1-2H3. The third-order valence-corrected chi connectivity index (χ3v) is 4.34. The molecule has 1 aliphatic carbocycles. The third kappa shape index (κ3) is 2.68. The van der Waals surface area contributed by atoms with Gasteiger partial charge in [0.15, 0.2) is 5.75 Å². The first-order valence-electron chi connectivity index (χ1n) is 7.66. The molecule has 3 rings (SSSR count). The highest BCUT2D eigenvalue weighted by Gasteiger charge is 2.44. The number of ether oxygens (including phenoxy) is 1. The number of nitrogens with zero attached hydrogens (tertiary/aromatic N) is 2. The van der Waals surface area contributed by atoms with Crippen molar-refractivity contribution in [1.82, 2.24) is 9.78 Å². The molecule has 4 heteroatoms. The first-order chi connectivity index (χ1) is 10.3. The highest BCUT2D eigenvalue weighted by Crippen LogP contribution is 2.54. The Bertz CT molecular complexity index is 593. The van der Waals surface area contributed by atoms with Crippen LogP contribution in [0.5, 0.6) is 5.75 Å². The lowest BCUT2D eigenvalue weighted by Gasteiger charge is -2.16. The summed E-state index contributed by atoms with van der Waals surface area (Å²) in [5.41, 5.74) is 8.97. The lowest BCUT2D eigenvalue weighted by Crippen LogP contribution is -2.19. The van der Waals surface area contributed by atoms with Crippen molar-refractivity contribution in [1.29, 1.82) is 0 Å². The van der Waals surface area contributed by atoms with Crippen molar-refractivity contribution in [3.63, 3.8) is 0 Å². The molecule has 2 N–H and O–H groups in total. The molecule has 0 radical (unpaired) electrons. The van der Waals surface area contributed by atoms with Crippen LogP contribution in [0, 0.1) is 5.92 Å². The predicted molar refractivity (Wildman–Crippen MR) is 83.3 cm³/mol. The van der Waals surface area contributed by atoms with Crippen molar-refractivity contribution >= 4 is 0 Å². The van der Waals surface area contributed by atoms with Gasteiger partial charge in [-0.25, -0.2) is 0 Å². The van der Waals surface area contributed by atoms with E-state index in [2.05, 4.69) is 42.4 Å². The average Bonchev–Trinajstić information content (AvgIpc) is 3.22. The number of benzene rings is 1. The summed E-state index contributed by atoms with van der Waals surface area (Å²) in [6.07, 6.45) is 3.97. The molecule has 112 valence electrons. The lowest BCUT2D eigenvalue weighted by molar-refractivity contribution is 0.395. The molecule has 3 atom stereocenters. The summed E-state index contributed by atoms with van der Waals surface area (Å²) >= 11 is 0. The zero-order valence-corrected chi connectivity index (χ0v) is 12.7. The van der Waals surface area contributed by atoms with Crippen LogP contribution in [0.25, 0.3) is 0 Å². The fraction of sp³-hybridized carbons (Fsp3) is 0.471. The summed E-state index contributed by atoms with van der Waals surface area (Å²) in [6.45, 7) is 3.03. The average molecular weight is 285 g/mol. The van der Waals surface area contributed by atoms with Gasteiger partial charge in [0.05, 0.1) is 25.0 Å². The molecule has 0 saturated heterocycles. The Kier molecular flexibility index (Phi) is 3.97. The number of aryl methyl sites for hydroxylation is 1. The molecule has 4 nitrogen and oxygen atoms in total. The Morgan fingerprint density at radius 1 is 1.38 bits per heavy atom. The van der Waals surface area contributed by atoms with Crippen molar-refractivity contribution in [2.24, 2.45) is 11.7 Å². The fourth-order valence-corrected chi connectivity index (χ4v) is 3.16. The molecule has 1 saturated carbocycles. The van der Waals surface area contributed by atoms with Crippen LogP contribution in [-0.4, -0.2) is 16.9 Å². The second kappa shape index (κ2) is 5.90. The molecular weight excluding hydrogens is 262 g/mol. The van der Waals surface area contributed by atoms with Crippen LogP contribution in [0.3, 0.4) is 0 Å². The van der Waals surface area contributed by atoms with Crippen LogP contribution >= 0.6 is 0 Å². The fourth-order valence-electron chi connectivity index (χ4n) is 3.16. The van der Waals surface area contributed by atoms with Gasteiger partial charge in [-0.05, 0) is 30.2 Å². The van der Waals surface area contributed by atoms with E-state index < -0.39 is 0 Å². The van der Waals surface area contributed by atoms with Crippen LogP contribution in [0.4, 0.5) is 0 Å². The molecule has 0 bridgehead atoms. The van der Waals surface area contributed by atoms with Gasteiger partial charge in [-0.2, -0.15) is 5.10 Å². The number of nitrogens with two attached hydrogens (primary N) is 1. The van der Waals surface area contributed by atoms with Gasteiger partial charge in [0.1, 0.15) is 0 Å². The maximum atomic E-state index is 6.54. The zero-order chi connectivity index (χ0) is 14.8. The van der Waals surface area contributed by atoms with Gasteiger partial charge < -0.3 is 10.5 Å². The summed E-state index contributed by atoms with van der Waals surface area (Å²) in [4.78, 5) is 0. The molecule has 0 aliphatic heterocycles. The third-order valence-electron chi connectivity index (χ3n) is 4.34. The molecule has 0 spiro atoms. The van der Waals surface area contributed by atoms with E-state index >= 15 is 0 Å². The van der Waals surface area contributed by atoms with E-state index in [0.717, 1.165) is 30.8 Å². The summed E-state index contributed by atoms with van der Waals surface area (Å²) in [6, 6.07) is 10.6. The Balaban J connectivity index is 1.80. The van der Waals surface area contributed by atoms with Crippen LogP contribution in [-0.2, 0) is 6.54 Å². The Labute approximate surface area is 125 Å².